The summed E-state index contributed by atoms with van der Waals surface area (Å²) in [5.41, 5.74) is 4.50. The molecule has 0 saturated carbocycles. The van der Waals surface area contributed by atoms with E-state index >= 15 is 0 Å². The largest absolute Gasteiger partial charge is 0.498 e. The molecule has 0 aliphatic carbocycles. The third kappa shape index (κ3) is 18.4. The van der Waals surface area contributed by atoms with Gasteiger partial charge in [-0.2, -0.15) is 4.91 Å². The van der Waals surface area contributed by atoms with Crippen molar-refractivity contribution in [3.05, 3.63) is 17.2 Å². The second kappa shape index (κ2) is 24.4. The molecule has 0 aromatic rings. The number of hydrogen-bond acceptors (Lipinski definition) is 4. The van der Waals surface area contributed by atoms with Gasteiger partial charge in [-0.25, -0.2) is 0 Å². The molecule has 0 aromatic carbocycles. The van der Waals surface area contributed by atoms with Crippen LogP contribution in [-0.4, -0.2) is 19.8 Å². The van der Waals surface area contributed by atoms with E-state index in [0.29, 0.717) is 17.9 Å². The van der Waals surface area contributed by atoms with E-state index in [9.17, 15) is 0 Å². The third-order valence-electron chi connectivity index (χ3n) is 8.60. The van der Waals surface area contributed by atoms with Crippen LogP contribution in [0.5, 0.6) is 0 Å². The Kier molecular flexibility index (Phi) is 25.3. The Bertz CT molecular complexity index is 498. The number of rotatable bonds is 17. The zero-order valence-electron chi connectivity index (χ0n) is 25.9. The zero-order chi connectivity index (χ0) is 27.9. The number of ether oxygens (including phenoxy) is 2. The van der Waals surface area contributed by atoms with Crippen molar-refractivity contribution >= 4 is 0 Å². The van der Waals surface area contributed by atoms with Gasteiger partial charge in [-0.15, -0.1) is 0 Å². The van der Waals surface area contributed by atoms with Crippen molar-refractivity contribution in [2.45, 2.75) is 145 Å². The van der Waals surface area contributed by atoms with Gasteiger partial charge in [0.1, 0.15) is 0 Å². The minimum absolute atomic E-state index is 0.442. The van der Waals surface area contributed by atoms with Gasteiger partial charge in [0.15, 0.2) is 0 Å². The number of hydrogen-bond donors (Lipinski definition) is 1. The summed E-state index contributed by atoms with van der Waals surface area (Å²) in [7, 11) is 1.91. The van der Waals surface area contributed by atoms with Gasteiger partial charge < -0.3 is 9.47 Å². The fourth-order valence-electron chi connectivity index (χ4n) is 5.32. The molecule has 36 heavy (non-hydrogen) atoms. The predicted octanol–water partition coefficient (Wildman–Crippen LogP) is 10.8. The molecule has 1 N–H and O–H groups in total. The molecule has 4 nitrogen and oxygen atoms in total. The first-order valence-corrected chi connectivity index (χ1v) is 15.2. The molecule has 1 rings (SSSR count). The standard InChI is InChI=1S/C24H50O.C8H14O.HNO/c1-8-10-12-13-14-16-17-20(3)19-21(4)22(5)23(6)24(25-7)18-15-11-9-2;1-6-4-8(3)9-5-7(6)2;1-2/h20-24H,8-19H2,1-7H3;6-7H,3-5H2,1-2H3;1H. The van der Waals surface area contributed by atoms with E-state index in [1.165, 1.54) is 77.0 Å². The molecule has 0 amide bonds. The van der Waals surface area contributed by atoms with Crippen LogP contribution in [0.25, 0.3) is 0 Å². The highest BCUT2D eigenvalue weighted by Gasteiger charge is 2.27. The summed E-state index contributed by atoms with van der Waals surface area (Å²) in [5, 5.41) is 0. The molecule has 1 saturated heterocycles. The summed E-state index contributed by atoms with van der Waals surface area (Å²) in [4.78, 5) is 7.50. The summed E-state index contributed by atoms with van der Waals surface area (Å²) < 4.78 is 11.1. The van der Waals surface area contributed by atoms with E-state index in [4.69, 9.17) is 14.4 Å². The second-order valence-corrected chi connectivity index (χ2v) is 11.9. The molecule has 1 heterocycles. The Morgan fingerprint density at radius 1 is 0.861 bits per heavy atom. The molecule has 1 aliphatic heterocycles. The first kappa shape index (κ1) is 37.3. The van der Waals surface area contributed by atoms with Gasteiger partial charge in [0.05, 0.1) is 18.5 Å². The highest BCUT2D eigenvalue weighted by molar-refractivity contribution is 4.89. The van der Waals surface area contributed by atoms with Crippen molar-refractivity contribution in [3.8, 4) is 0 Å². The van der Waals surface area contributed by atoms with Crippen molar-refractivity contribution in [1.29, 1.82) is 5.59 Å². The van der Waals surface area contributed by atoms with Crippen LogP contribution in [0.1, 0.15) is 139 Å². The monoisotopic (exact) mass is 511 g/mol. The molecule has 0 bridgehead atoms. The maximum atomic E-state index is 7.50. The maximum absolute atomic E-state index is 7.50. The maximum Gasteiger partial charge on any atom is 0.0905 e. The van der Waals surface area contributed by atoms with Crippen LogP contribution >= 0.6 is 0 Å². The molecule has 0 radical (unpaired) electrons. The SMILES string of the molecule is C=C1CC(C)C(C)CO1.CCCCCCCCC(C)CC(C)C(C)C(C)C(CCCCC)OC.N=O. The van der Waals surface area contributed by atoms with E-state index in [1.807, 2.05) is 7.11 Å². The highest BCUT2D eigenvalue weighted by atomic mass is 16.5. The first-order chi connectivity index (χ1) is 17.2. The van der Waals surface area contributed by atoms with Crippen LogP contribution in [0, 0.1) is 46.0 Å². The lowest BCUT2D eigenvalue weighted by Crippen LogP contribution is -2.30. The van der Waals surface area contributed by atoms with Crippen molar-refractivity contribution < 1.29 is 9.47 Å². The predicted molar refractivity (Wildman–Crippen MR) is 158 cm³/mol. The Morgan fingerprint density at radius 2 is 1.39 bits per heavy atom. The number of allylic oxidation sites excluding steroid dienone is 1. The zero-order valence-corrected chi connectivity index (χ0v) is 25.9. The summed E-state index contributed by atoms with van der Waals surface area (Å²) in [5.74, 6) is 5.50. The van der Waals surface area contributed by atoms with Crippen molar-refractivity contribution in [2.24, 2.45) is 35.5 Å². The number of nitroso groups, excluding NO2 is 1. The molecule has 0 spiro atoms. The molecule has 7 unspecified atom stereocenters. The van der Waals surface area contributed by atoms with E-state index in [0.717, 1.165) is 42.5 Å². The third-order valence-corrected chi connectivity index (χ3v) is 8.60. The van der Waals surface area contributed by atoms with Gasteiger partial charge in [-0.05, 0) is 48.3 Å². The summed E-state index contributed by atoms with van der Waals surface area (Å²) in [6.45, 7) is 23.5. The lowest BCUT2D eigenvalue weighted by Gasteiger charge is -2.33. The summed E-state index contributed by atoms with van der Waals surface area (Å²) in [6.07, 6.45) is 18.0. The van der Waals surface area contributed by atoms with Gasteiger partial charge in [-0.3, -0.25) is 0 Å². The number of nitrogens with one attached hydrogen (secondary N) is 1. The number of methoxy groups -OCH3 is 1. The second-order valence-electron chi connectivity index (χ2n) is 11.9. The summed E-state index contributed by atoms with van der Waals surface area (Å²) in [6, 6.07) is 0. The fourth-order valence-corrected chi connectivity index (χ4v) is 5.32. The molecule has 1 aliphatic rings. The molecule has 216 valence electrons. The van der Waals surface area contributed by atoms with Crippen LogP contribution in [0.15, 0.2) is 12.3 Å². The van der Waals surface area contributed by atoms with E-state index < -0.39 is 0 Å². The molecule has 0 aromatic heterocycles. The fraction of sp³-hybridized carbons (Fsp3) is 0.938. The van der Waals surface area contributed by atoms with Crippen molar-refractivity contribution in [3.63, 3.8) is 0 Å². The van der Waals surface area contributed by atoms with Gasteiger partial charge in [0, 0.05) is 13.5 Å². The lowest BCUT2D eigenvalue weighted by atomic mass is 9.76. The van der Waals surface area contributed by atoms with Crippen molar-refractivity contribution in [2.75, 3.05) is 13.7 Å². The van der Waals surface area contributed by atoms with Crippen LogP contribution < -0.4 is 0 Å². The Hall–Kier alpha value is -0.900. The van der Waals surface area contributed by atoms with E-state index in [1.54, 1.807) is 0 Å². The van der Waals surface area contributed by atoms with Gasteiger partial charge in [-0.1, -0.05) is 132 Å². The minimum atomic E-state index is 0.442. The topological polar surface area (TPSA) is 59.4 Å². The lowest BCUT2D eigenvalue weighted by molar-refractivity contribution is 0.0168. The Balaban J connectivity index is 0. The van der Waals surface area contributed by atoms with Crippen molar-refractivity contribution in [1.82, 2.24) is 0 Å². The van der Waals surface area contributed by atoms with Crippen LogP contribution in [0.4, 0.5) is 0 Å². The smallest absolute Gasteiger partial charge is 0.0905 e. The Morgan fingerprint density at radius 3 is 1.92 bits per heavy atom. The van der Waals surface area contributed by atoms with Crippen LogP contribution in [0.3, 0.4) is 0 Å². The van der Waals surface area contributed by atoms with Gasteiger partial charge in [0.25, 0.3) is 0 Å². The number of unbranched alkanes of at least 4 members (excludes halogenated alkanes) is 7. The van der Waals surface area contributed by atoms with E-state index in [-0.39, 0.29) is 0 Å². The highest BCUT2D eigenvalue weighted by Crippen LogP contribution is 2.32. The van der Waals surface area contributed by atoms with Gasteiger partial charge >= 0.3 is 0 Å². The Labute approximate surface area is 226 Å². The van der Waals surface area contributed by atoms with E-state index in [2.05, 4.69) is 67.6 Å². The molecule has 4 heteroatoms. The molecule has 1 fully saturated rings. The minimum Gasteiger partial charge on any atom is -0.498 e. The molecular weight excluding hydrogens is 446 g/mol. The van der Waals surface area contributed by atoms with Crippen LogP contribution in [-0.2, 0) is 9.47 Å². The normalized spacial score (nSPS) is 21.5. The van der Waals surface area contributed by atoms with Crippen LogP contribution in [0.2, 0.25) is 0 Å². The average molecular weight is 512 g/mol. The first-order valence-electron chi connectivity index (χ1n) is 15.2. The quantitative estimate of drug-likeness (QED) is 0.156. The van der Waals surface area contributed by atoms with Gasteiger partial charge in [0.2, 0.25) is 0 Å². The average Bonchev–Trinajstić information content (AvgIpc) is 2.87. The molecule has 7 atom stereocenters. The summed E-state index contributed by atoms with van der Waals surface area (Å²) >= 11 is 0. The molecular formula is C32H65NO3.